The van der Waals surface area contributed by atoms with Crippen molar-refractivity contribution in [2.24, 2.45) is 5.73 Å². The van der Waals surface area contributed by atoms with E-state index < -0.39 is 0 Å². The minimum absolute atomic E-state index is 0.0479. The zero-order valence-corrected chi connectivity index (χ0v) is 9.42. The number of ether oxygens (including phenoxy) is 1. The van der Waals surface area contributed by atoms with Crippen LogP contribution in [-0.2, 0) is 17.6 Å². The maximum atomic E-state index is 7.44. The SMILES string of the molecule is CCOCCc1nn(C(=N)N)c2c1CCN2. The highest BCUT2D eigenvalue weighted by atomic mass is 16.5. The van der Waals surface area contributed by atoms with Crippen molar-refractivity contribution < 1.29 is 4.74 Å². The monoisotopic (exact) mass is 223 g/mol. The zero-order chi connectivity index (χ0) is 11.5. The first kappa shape index (κ1) is 10.9. The van der Waals surface area contributed by atoms with Crippen molar-refractivity contribution >= 4 is 11.8 Å². The molecule has 1 aliphatic heterocycles. The summed E-state index contributed by atoms with van der Waals surface area (Å²) in [6.45, 7) is 4.24. The number of hydrogen-bond acceptors (Lipinski definition) is 4. The Labute approximate surface area is 94.3 Å². The predicted octanol–water partition coefficient (Wildman–Crippen LogP) is 0.172. The van der Waals surface area contributed by atoms with E-state index in [1.807, 2.05) is 6.92 Å². The molecule has 0 bridgehead atoms. The molecule has 0 radical (unpaired) electrons. The van der Waals surface area contributed by atoms with Gasteiger partial charge in [0.1, 0.15) is 5.82 Å². The van der Waals surface area contributed by atoms with Crippen LogP contribution in [0, 0.1) is 5.41 Å². The summed E-state index contributed by atoms with van der Waals surface area (Å²) in [5, 5.41) is 15.0. The highest BCUT2D eigenvalue weighted by Gasteiger charge is 2.22. The van der Waals surface area contributed by atoms with Crippen molar-refractivity contribution in [1.82, 2.24) is 9.78 Å². The summed E-state index contributed by atoms with van der Waals surface area (Å²) in [5.41, 5.74) is 7.63. The number of hydrogen-bond donors (Lipinski definition) is 3. The number of nitrogens with two attached hydrogens (primary N) is 1. The van der Waals surface area contributed by atoms with Crippen LogP contribution < -0.4 is 11.1 Å². The molecule has 6 heteroatoms. The van der Waals surface area contributed by atoms with E-state index in [0.717, 1.165) is 30.9 Å². The molecule has 0 saturated heterocycles. The molecule has 2 rings (SSSR count). The highest BCUT2D eigenvalue weighted by molar-refractivity contribution is 5.81. The van der Waals surface area contributed by atoms with Gasteiger partial charge in [0.25, 0.3) is 0 Å². The molecule has 16 heavy (non-hydrogen) atoms. The topological polar surface area (TPSA) is 89.0 Å². The maximum absolute atomic E-state index is 7.44. The third kappa shape index (κ3) is 1.88. The van der Waals surface area contributed by atoms with E-state index in [1.54, 1.807) is 0 Å². The van der Waals surface area contributed by atoms with E-state index in [4.69, 9.17) is 15.9 Å². The smallest absolute Gasteiger partial charge is 0.215 e. The second kappa shape index (κ2) is 4.52. The number of aromatic nitrogens is 2. The van der Waals surface area contributed by atoms with E-state index in [9.17, 15) is 0 Å². The fourth-order valence-electron chi connectivity index (χ4n) is 1.93. The molecule has 1 aromatic heterocycles. The van der Waals surface area contributed by atoms with Crippen molar-refractivity contribution in [3.63, 3.8) is 0 Å². The molecule has 0 fully saturated rings. The summed E-state index contributed by atoms with van der Waals surface area (Å²) < 4.78 is 6.77. The molecule has 0 amide bonds. The van der Waals surface area contributed by atoms with Crippen molar-refractivity contribution in [2.75, 3.05) is 25.1 Å². The van der Waals surface area contributed by atoms with Crippen LogP contribution in [0.3, 0.4) is 0 Å². The Morgan fingerprint density at radius 1 is 1.69 bits per heavy atom. The number of nitrogens with zero attached hydrogens (tertiary/aromatic N) is 2. The lowest BCUT2D eigenvalue weighted by Crippen LogP contribution is -2.23. The Morgan fingerprint density at radius 2 is 2.50 bits per heavy atom. The molecule has 6 nitrogen and oxygen atoms in total. The second-order valence-corrected chi connectivity index (χ2v) is 3.69. The van der Waals surface area contributed by atoms with E-state index in [2.05, 4.69) is 10.4 Å². The lowest BCUT2D eigenvalue weighted by molar-refractivity contribution is 0.150. The standard InChI is InChI=1S/C10H17N5O/c1-2-16-6-4-8-7-3-5-13-9(7)15(14-8)10(11)12/h13H,2-6H2,1H3,(H3,11,12). The molecule has 88 valence electrons. The fraction of sp³-hybridized carbons (Fsp3) is 0.600. The van der Waals surface area contributed by atoms with Gasteiger partial charge in [0.2, 0.25) is 5.96 Å². The molecule has 1 aliphatic rings. The van der Waals surface area contributed by atoms with Crippen LogP contribution in [0.5, 0.6) is 0 Å². The van der Waals surface area contributed by atoms with Gasteiger partial charge in [-0.3, -0.25) is 5.41 Å². The van der Waals surface area contributed by atoms with E-state index in [0.29, 0.717) is 13.2 Å². The number of nitrogen functional groups attached to an aromatic ring is 1. The summed E-state index contributed by atoms with van der Waals surface area (Å²) in [6, 6.07) is 0. The Hall–Kier alpha value is -1.56. The Balaban J connectivity index is 2.19. The van der Waals surface area contributed by atoms with Crippen LogP contribution in [0.15, 0.2) is 0 Å². The fourth-order valence-corrected chi connectivity index (χ4v) is 1.93. The van der Waals surface area contributed by atoms with Crippen LogP contribution in [0.4, 0.5) is 5.82 Å². The Bertz CT molecular complexity index is 398. The van der Waals surface area contributed by atoms with E-state index >= 15 is 0 Å². The molecule has 0 spiro atoms. The molecule has 0 aliphatic carbocycles. The number of rotatable bonds is 4. The summed E-state index contributed by atoms with van der Waals surface area (Å²) in [6.07, 6.45) is 1.72. The molecule has 2 heterocycles. The first-order valence-corrected chi connectivity index (χ1v) is 5.50. The van der Waals surface area contributed by atoms with Gasteiger partial charge in [0, 0.05) is 25.1 Å². The molecule has 0 aromatic carbocycles. The molecule has 1 aromatic rings. The number of nitrogens with one attached hydrogen (secondary N) is 2. The third-order valence-electron chi connectivity index (χ3n) is 2.65. The minimum Gasteiger partial charge on any atom is -0.381 e. The van der Waals surface area contributed by atoms with E-state index in [1.165, 1.54) is 10.2 Å². The Morgan fingerprint density at radius 3 is 3.19 bits per heavy atom. The predicted molar refractivity (Wildman–Crippen MR) is 61.9 cm³/mol. The summed E-state index contributed by atoms with van der Waals surface area (Å²) in [5.74, 6) is 0.826. The van der Waals surface area contributed by atoms with Crippen molar-refractivity contribution in [1.29, 1.82) is 5.41 Å². The lowest BCUT2D eigenvalue weighted by atomic mass is 10.1. The molecular formula is C10H17N5O. The van der Waals surface area contributed by atoms with Gasteiger partial charge in [-0.25, -0.2) is 0 Å². The van der Waals surface area contributed by atoms with Crippen molar-refractivity contribution in [3.8, 4) is 0 Å². The van der Waals surface area contributed by atoms with Crippen molar-refractivity contribution in [3.05, 3.63) is 11.3 Å². The first-order chi connectivity index (χ1) is 7.74. The van der Waals surface area contributed by atoms with Gasteiger partial charge in [-0.05, 0) is 13.3 Å². The largest absolute Gasteiger partial charge is 0.381 e. The zero-order valence-electron chi connectivity index (χ0n) is 9.42. The van der Waals surface area contributed by atoms with Crippen LogP contribution in [0.1, 0.15) is 18.2 Å². The van der Waals surface area contributed by atoms with Gasteiger partial charge >= 0.3 is 0 Å². The molecule has 4 N–H and O–H groups in total. The average Bonchev–Trinajstić information content (AvgIpc) is 2.80. The quantitative estimate of drug-likeness (QED) is 0.386. The van der Waals surface area contributed by atoms with Gasteiger partial charge in [-0.1, -0.05) is 0 Å². The van der Waals surface area contributed by atoms with Gasteiger partial charge in [0.05, 0.1) is 12.3 Å². The van der Waals surface area contributed by atoms with Crippen LogP contribution >= 0.6 is 0 Å². The third-order valence-corrected chi connectivity index (χ3v) is 2.65. The van der Waals surface area contributed by atoms with Crippen molar-refractivity contribution in [2.45, 2.75) is 19.8 Å². The minimum atomic E-state index is -0.0479. The first-order valence-electron chi connectivity index (χ1n) is 5.50. The summed E-state index contributed by atoms with van der Waals surface area (Å²) >= 11 is 0. The highest BCUT2D eigenvalue weighted by Crippen LogP contribution is 2.25. The molecular weight excluding hydrogens is 206 g/mol. The Kier molecular flexibility index (Phi) is 3.09. The number of fused-ring (bicyclic) bond motifs is 1. The van der Waals surface area contributed by atoms with Gasteiger partial charge in [-0.2, -0.15) is 9.78 Å². The van der Waals surface area contributed by atoms with Crippen LogP contribution in [-0.4, -0.2) is 35.5 Å². The van der Waals surface area contributed by atoms with Crippen LogP contribution in [0.2, 0.25) is 0 Å². The normalized spacial score (nSPS) is 13.6. The lowest BCUT2D eigenvalue weighted by Gasteiger charge is -2.02. The molecule has 0 unspecified atom stereocenters. The average molecular weight is 223 g/mol. The van der Waals surface area contributed by atoms with Gasteiger partial charge in [-0.15, -0.1) is 0 Å². The maximum Gasteiger partial charge on any atom is 0.215 e. The molecule has 0 atom stereocenters. The second-order valence-electron chi connectivity index (χ2n) is 3.69. The van der Waals surface area contributed by atoms with Crippen LogP contribution in [0.25, 0.3) is 0 Å². The van der Waals surface area contributed by atoms with Gasteiger partial charge < -0.3 is 15.8 Å². The number of anilines is 1. The van der Waals surface area contributed by atoms with Gasteiger partial charge in [0.15, 0.2) is 0 Å². The summed E-state index contributed by atoms with van der Waals surface area (Å²) in [4.78, 5) is 0. The summed E-state index contributed by atoms with van der Waals surface area (Å²) in [7, 11) is 0. The molecule has 0 saturated carbocycles. The van der Waals surface area contributed by atoms with E-state index in [-0.39, 0.29) is 5.96 Å².